The van der Waals surface area contributed by atoms with Crippen LogP contribution in [0, 0.1) is 6.92 Å². The normalized spacial score (nSPS) is 19.7. The average Bonchev–Trinajstić information content (AvgIpc) is 3.49. The third-order valence-corrected chi connectivity index (χ3v) is 8.39. The molecule has 1 N–H and O–H groups in total. The largest absolute Gasteiger partial charge is 0.490 e. The van der Waals surface area contributed by atoms with Gasteiger partial charge in [-0.2, -0.15) is 0 Å². The van der Waals surface area contributed by atoms with Crippen molar-refractivity contribution in [2.45, 2.75) is 50.8 Å². The molecule has 2 aromatic heterocycles. The van der Waals surface area contributed by atoms with Crippen molar-refractivity contribution in [3.05, 3.63) is 85.5 Å². The Balaban J connectivity index is 1.08. The molecule has 0 saturated carbocycles. The monoisotopic (exact) mass is 560 g/mol. The van der Waals surface area contributed by atoms with Gasteiger partial charge in [0, 0.05) is 49.1 Å². The van der Waals surface area contributed by atoms with Gasteiger partial charge in [0.2, 0.25) is 5.91 Å². The summed E-state index contributed by atoms with van der Waals surface area (Å²) in [5.41, 5.74) is 4.65. The lowest BCUT2D eigenvalue weighted by atomic mass is 9.99. The Morgan fingerprint density at radius 2 is 1.79 bits per heavy atom. The number of amides is 1. The molecule has 9 heteroatoms. The molecule has 9 nitrogen and oxygen atoms in total. The minimum absolute atomic E-state index is 0.0281. The fraction of sp³-hybridized carbons (Fsp3) is 0.273. The van der Waals surface area contributed by atoms with Crippen LogP contribution >= 0.6 is 0 Å². The lowest BCUT2D eigenvalue weighted by Gasteiger charge is -2.38. The summed E-state index contributed by atoms with van der Waals surface area (Å²) < 4.78 is 14.6. The van der Waals surface area contributed by atoms with Crippen LogP contribution in [0.5, 0.6) is 17.2 Å². The predicted octanol–water partition coefficient (Wildman–Crippen LogP) is 6.45. The van der Waals surface area contributed by atoms with Crippen molar-refractivity contribution >= 4 is 39.3 Å². The first kappa shape index (κ1) is 26.0. The highest BCUT2D eigenvalue weighted by atomic mass is 16.5. The summed E-state index contributed by atoms with van der Waals surface area (Å²) in [5.74, 6) is 3.02. The number of carbonyl (C=O) groups is 1. The van der Waals surface area contributed by atoms with Gasteiger partial charge in [-0.1, -0.05) is 6.58 Å². The number of ether oxygens (including phenoxy) is 2. The maximum atomic E-state index is 12.3. The molecule has 2 unspecified atom stereocenters. The van der Waals surface area contributed by atoms with Crippen molar-refractivity contribution in [2.24, 2.45) is 7.05 Å². The lowest BCUT2D eigenvalue weighted by Crippen LogP contribution is -2.48. The van der Waals surface area contributed by atoms with E-state index in [1.165, 1.54) is 6.08 Å². The van der Waals surface area contributed by atoms with Gasteiger partial charge in [-0.3, -0.25) is 4.79 Å². The number of hydrogen-bond acceptors (Lipinski definition) is 7. The van der Waals surface area contributed by atoms with Gasteiger partial charge in [0.15, 0.2) is 0 Å². The number of aromatic nitrogens is 4. The van der Waals surface area contributed by atoms with E-state index in [9.17, 15) is 4.79 Å². The topological polar surface area (TPSA) is 94.4 Å². The summed E-state index contributed by atoms with van der Waals surface area (Å²) in [6.07, 6.45) is 8.54. The maximum absolute atomic E-state index is 12.3. The zero-order valence-corrected chi connectivity index (χ0v) is 23.7. The Morgan fingerprint density at radius 3 is 2.57 bits per heavy atom. The average molecular weight is 561 g/mol. The number of nitrogens with zero attached hydrogens (tertiary/aromatic N) is 5. The molecule has 4 heterocycles. The Hall–Kier alpha value is -4.92. The van der Waals surface area contributed by atoms with Crippen LogP contribution in [0.15, 0.2) is 79.9 Å². The molecule has 2 fully saturated rings. The third kappa shape index (κ3) is 4.81. The summed E-state index contributed by atoms with van der Waals surface area (Å²) in [4.78, 5) is 27.8. The first-order valence-corrected chi connectivity index (χ1v) is 14.3. The van der Waals surface area contributed by atoms with Crippen LogP contribution in [0.1, 0.15) is 31.2 Å². The summed E-state index contributed by atoms with van der Waals surface area (Å²) in [6, 6.07) is 18.2. The fourth-order valence-corrected chi connectivity index (χ4v) is 6.37. The van der Waals surface area contributed by atoms with Crippen LogP contribution < -0.4 is 14.8 Å². The van der Waals surface area contributed by atoms with E-state index in [2.05, 4.69) is 26.8 Å². The van der Waals surface area contributed by atoms with Gasteiger partial charge in [-0.15, -0.1) is 0 Å². The predicted molar refractivity (Wildman–Crippen MR) is 162 cm³/mol. The molecule has 2 bridgehead atoms. The first-order chi connectivity index (χ1) is 20.4. The maximum Gasteiger partial charge on any atom is 0.246 e. The summed E-state index contributed by atoms with van der Waals surface area (Å²) >= 11 is 0. The molecular formula is C33H32N6O3. The number of hydrogen-bond donors (Lipinski definition) is 1. The zero-order valence-electron chi connectivity index (χ0n) is 23.7. The van der Waals surface area contributed by atoms with E-state index in [-0.39, 0.29) is 24.1 Å². The molecule has 5 aromatic rings. The molecule has 2 saturated heterocycles. The quantitative estimate of drug-likeness (QED) is 0.229. The fourth-order valence-electron chi connectivity index (χ4n) is 6.37. The molecule has 212 valence electrons. The molecule has 1 amide bonds. The van der Waals surface area contributed by atoms with Gasteiger partial charge in [0.25, 0.3) is 0 Å². The molecule has 3 aromatic carbocycles. The van der Waals surface area contributed by atoms with Crippen LogP contribution in [0.3, 0.4) is 0 Å². The van der Waals surface area contributed by atoms with E-state index in [4.69, 9.17) is 9.47 Å². The second-order valence-corrected chi connectivity index (χ2v) is 11.2. The van der Waals surface area contributed by atoms with Gasteiger partial charge in [-0.05, 0) is 79.9 Å². The number of rotatable bonds is 7. The van der Waals surface area contributed by atoms with Crippen molar-refractivity contribution in [1.29, 1.82) is 0 Å². The highest BCUT2D eigenvalue weighted by Crippen LogP contribution is 2.38. The van der Waals surface area contributed by atoms with Crippen LogP contribution in [0.4, 0.5) is 11.5 Å². The molecule has 0 radical (unpaired) electrons. The van der Waals surface area contributed by atoms with Crippen molar-refractivity contribution < 1.29 is 14.3 Å². The van der Waals surface area contributed by atoms with Gasteiger partial charge >= 0.3 is 0 Å². The number of nitrogens with one attached hydrogen (secondary N) is 1. The standard InChI is InChI=1S/C33H32N6O3/c1-4-32(40)39-22-6-7-23(39)15-26(14-22)41-24-8-10-28-27(16-24)33(35-18-34-28)37-21-5-12-31(20(2)13-21)42-25-9-11-30-29(17-25)36-19-38(30)3/h4-5,8-13,16-19,22-23,26H,1,6-7,14-15H2,2-3H3,(H,34,35,37). The molecule has 42 heavy (non-hydrogen) atoms. The number of fused-ring (bicyclic) bond motifs is 4. The van der Waals surface area contributed by atoms with Gasteiger partial charge in [0.1, 0.15) is 35.5 Å². The number of imidazole rings is 1. The van der Waals surface area contributed by atoms with Crippen LogP contribution in [0.2, 0.25) is 0 Å². The van der Waals surface area contributed by atoms with Gasteiger partial charge in [-0.25, -0.2) is 15.0 Å². The van der Waals surface area contributed by atoms with Crippen LogP contribution in [-0.2, 0) is 11.8 Å². The molecule has 2 atom stereocenters. The highest BCUT2D eigenvalue weighted by molar-refractivity contribution is 5.91. The van der Waals surface area contributed by atoms with E-state index >= 15 is 0 Å². The SMILES string of the molecule is C=CC(=O)N1C2CCC1CC(Oc1ccc3ncnc(Nc4ccc(Oc5ccc6c(c5)ncn6C)c(C)c4)c3c1)C2. The van der Waals surface area contributed by atoms with E-state index < -0.39 is 0 Å². The molecule has 0 spiro atoms. The second kappa shape index (κ2) is 10.5. The lowest BCUT2D eigenvalue weighted by molar-refractivity contribution is -0.131. The van der Waals surface area contributed by atoms with Crippen molar-refractivity contribution in [2.75, 3.05) is 5.32 Å². The molecular weight excluding hydrogens is 528 g/mol. The third-order valence-electron chi connectivity index (χ3n) is 8.39. The van der Waals surface area contributed by atoms with E-state index in [0.29, 0.717) is 5.82 Å². The second-order valence-electron chi connectivity index (χ2n) is 11.2. The number of aryl methyl sites for hydroxylation is 2. The van der Waals surface area contributed by atoms with E-state index in [1.54, 1.807) is 12.7 Å². The van der Waals surface area contributed by atoms with Crippen molar-refractivity contribution in [3.8, 4) is 17.2 Å². The van der Waals surface area contributed by atoms with Crippen molar-refractivity contribution in [1.82, 2.24) is 24.4 Å². The number of anilines is 2. The Bertz CT molecular complexity index is 1820. The van der Waals surface area contributed by atoms with Crippen LogP contribution in [0.25, 0.3) is 21.9 Å². The van der Waals surface area contributed by atoms with Crippen molar-refractivity contribution in [3.63, 3.8) is 0 Å². The zero-order chi connectivity index (χ0) is 28.8. The molecule has 2 aliphatic rings. The molecule has 7 rings (SSSR count). The van der Waals surface area contributed by atoms with Gasteiger partial charge < -0.3 is 24.3 Å². The highest BCUT2D eigenvalue weighted by Gasteiger charge is 2.43. The first-order valence-electron chi connectivity index (χ1n) is 14.3. The molecule has 0 aliphatic carbocycles. The smallest absolute Gasteiger partial charge is 0.246 e. The van der Waals surface area contributed by atoms with E-state index in [0.717, 1.165) is 76.1 Å². The Morgan fingerprint density at radius 1 is 0.976 bits per heavy atom. The number of benzene rings is 3. The summed E-state index contributed by atoms with van der Waals surface area (Å²) in [7, 11) is 1.97. The molecule has 2 aliphatic heterocycles. The Kier molecular flexibility index (Phi) is 6.49. The number of carbonyl (C=O) groups excluding carboxylic acids is 1. The van der Waals surface area contributed by atoms with Gasteiger partial charge in [0.05, 0.1) is 22.9 Å². The van der Waals surface area contributed by atoms with Crippen LogP contribution in [-0.4, -0.2) is 48.5 Å². The minimum Gasteiger partial charge on any atom is -0.490 e. The summed E-state index contributed by atoms with van der Waals surface area (Å²) in [5, 5.41) is 4.33. The number of piperidine rings is 1. The Labute approximate surface area is 243 Å². The minimum atomic E-state index is 0.0281. The van der Waals surface area contributed by atoms with E-state index in [1.807, 2.05) is 78.0 Å². The summed E-state index contributed by atoms with van der Waals surface area (Å²) in [6.45, 7) is 5.69.